The molecule has 0 amide bonds. The second-order valence-corrected chi connectivity index (χ2v) is 9.18. The maximum Gasteiger partial charge on any atom is 0.330 e. The molecule has 12 nitrogen and oxygen atoms in total. The Morgan fingerprint density at radius 1 is 1.33 bits per heavy atom. The smallest absolute Gasteiger partial charge is 0.330 e. The summed E-state index contributed by atoms with van der Waals surface area (Å²) in [4.78, 5) is 37.8. The van der Waals surface area contributed by atoms with E-state index in [9.17, 15) is 27.9 Å². The van der Waals surface area contributed by atoms with Crippen molar-refractivity contribution in [3.63, 3.8) is 0 Å². The maximum atomic E-state index is 12.5. The second kappa shape index (κ2) is 10.4. The molecule has 2 heterocycles. The minimum absolute atomic E-state index is 0.0179. The number of esters is 1. The number of benzene rings is 1. The quantitative estimate of drug-likeness (QED) is 0.320. The fourth-order valence-corrected chi connectivity index (χ4v) is 4.48. The summed E-state index contributed by atoms with van der Waals surface area (Å²) in [6, 6.07) is 7.66. The number of carbonyl (C=O) groups excluding carboxylic acids is 1. The van der Waals surface area contributed by atoms with Crippen molar-refractivity contribution in [2.45, 2.75) is 44.2 Å². The van der Waals surface area contributed by atoms with Gasteiger partial charge in [-0.05, 0) is 18.9 Å². The Balaban J connectivity index is 1.64. The molecule has 0 bridgehead atoms. The predicted molar refractivity (Wildman–Crippen MR) is 117 cm³/mol. The van der Waals surface area contributed by atoms with Crippen LogP contribution in [0.3, 0.4) is 0 Å². The number of nitrogens with zero attached hydrogens (tertiary/aromatic N) is 1. The molecule has 4 N–H and O–H groups in total. The summed E-state index contributed by atoms with van der Waals surface area (Å²) in [6.45, 7) is 1.20. The Hall–Kier alpha value is -2.84. The lowest BCUT2D eigenvalue weighted by molar-refractivity contribution is -0.142. The molecule has 1 aliphatic heterocycles. The van der Waals surface area contributed by atoms with E-state index in [4.69, 9.17) is 9.47 Å². The third-order valence-corrected chi connectivity index (χ3v) is 6.34. The first kappa shape index (κ1) is 24.8. The summed E-state index contributed by atoms with van der Waals surface area (Å²) < 4.78 is 41.1. The molecule has 0 radical (unpaired) electrons. The van der Waals surface area contributed by atoms with Gasteiger partial charge in [-0.1, -0.05) is 30.3 Å². The van der Waals surface area contributed by atoms with Crippen LogP contribution >= 0.6 is 0 Å². The Morgan fingerprint density at radius 3 is 2.70 bits per heavy atom. The van der Waals surface area contributed by atoms with E-state index in [1.165, 1.54) is 13.1 Å². The highest BCUT2D eigenvalue weighted by Gasteiger charge is 2.36. The number of hydrogen-bond acceptors (Lipinski definition) is 8. The molecule has 0 unspecified atom stereocenters. The number of aromatic nitrogens is 2. The van der Waals surface area contributed by atoms with Gasteiger partial charge >= 0.3 is 11.7 Å². The fraction of sp³-hybridized carbons (Fsp3) is 0.450. The van der Waals surface area contributed by atoms with Crippen molar-refractivity contribution in [1.82, 2.24) is 19.0 Å². The molecule has 33 heavy (non-hydrogen) atoms. The van der Waals surface area contributed by atoms with Gasteiger partial charge in [0.15, 0.2) is 0 Å². The van der Waals surface area contributed by atoms with Gasteiger partial charge in [-0.25, -0.2) is 4.79 Å². The van der Waals surface area contributed by atoms with Crippen LogP contribution in [0, 0.1) is 6.92 Å². The van der Waals surface area contributed by atoms with Crippen molar-refractivity contribution in [2.24, 2.45) is 0 Å². The number of aryl methyl sites for hydroxylation is 1. The maximum absolute atomic E-state index is 12.5. The lowest BCUT2D eigenvalue weighted by atomic mass is 10.1. The lowest BCUT2D eigenvalue weighted by Crippen LogP contribution is -2.50. The van der Waals surface area contributed by atoms with Crippen molar-refractivity contribution >= 4 is 16.2 Å². The molecule has 3 rings (SSSR count). The molecule has 1 aromatic carbocycles. The normalized spacial score (nSPS) is 21.6. The molecule has 1 saturated heterocycles. The van der Waals surface area contributed by atoms with Crippen LogP contribution in [-0.2, 0) is 30.9 Å². The monoisotopic (exact) mass is 482 g/mol. The number of methoxy groups -OCH3 is 1. The summed E-state index contributed by atoms with van der Waals surface area (Å²) in [7, 11) is -3.02. The number of carbonyl (C=O) groups is 1. The first-order valence-electron chi connectivity index (χ1n) is 10.1. The predicted octanol–water partition coefficient (Wildman–Crippen LogP) is -1.30. The zero-order valence-electron chi connectivity index (χ0n) is 18.1. The van der Waals surface area contributed by atoms with Gasteiger partial charge in [-0.15, -0.1) is 0 Å². The number of H-pyrrole nitrogens is 1. The number of nitrogens with one attached hydrogen (secondary N) is 3. The van der Waals surface area contributed by atoms with E-state index < -0.39 is 51.9 Å². The lowest BCUT2D eigenvalue weighted by Gasteiger charge is -2.19. The van der Waals surface area contributed by atoms with Gasteiger partial charge in [-0.2, -0.15) is 17.9 Å². The van der Waals surface area contributed by atoms with Crippen molar-refractivity contribution in [2.75, 3.05) is 13.7 Å². The van der Waals surface area contributed by atoms with E-state index in [0.29, 0.717) is 0 Å². The van der Waals surface area contributed by atoms with Gasteiger partial charge in [0, 0.05) is 24.7 Å². The summed E-state index contributed by atoms with van der Waals surface area (Å²) in [5.41, 5.74) is -0.212. The third kappa shape index (κ3) is 6.36. The van der Waals surface area contributed by atoms with E-state index >= 15 is 0 Å². The van der Waals surface area contributed by atoms with Crippen LogP contribution in [0.5, 0.6) is 0 Å². The van der Waals surface area contributed by atoms with E-state index in [2.05, 4.69) is 14.4 Å². The average Bonchev–Trinajstić information content (AvgIpc) is 3.14. The van der Waals surface area contributed by atoms with Crippen LogP contribution in [0.15, 0.2) is 46.1 Å². The summed E-state index contributed by atoms with van der Waals surface area (Å²) >= 11 is 0. The molecule has 1 aliphatic rings. The van der Waals surface area contributed by atoms with Crippen molar-refractivity contribution in [3.8, 4) is 0 Å². The molecule has 1 aromatic heterocycles. The van der Waals surface area contributed by atoms with Gasteiger partial charge in [-0.3, -0.25) is 19.1 Å². The van der Waals surface area contributed by atoms with E-state index in [1.54, 1.807) is 30.3 Å². The number of aromatic amines is 1. The van der Waals surface area contributed by atoms with Gasteiger partial charge in [0.2, 0.25) is 0 Å². The highest BCUT2D eigenvalue weighted by Crippen LogP contribution is 2.27. The van der Waals surface area contributed by atoms with Crippen molar-refractivity contribution in [1.29, 1.82) is 0 Å². The SMILES string of the molecule is COC(=O)[C@H](Cc1ccccc1)NS(=O)(=O)NC[C@H]1O[C@@H](n2cc(C)c(=O)[nH]c2=O)C[C@@H]1O. The Bertz CT molecular complexity index is 1190. The van der Waals surface area contributed by atoms with Crippen LogP contribution in [0.2, 0.25) is 0 Å². The Morgan fingerprint density at radius 2 is 2.03 bits per heavy atom. The fourth-order valence-electron chi connectivity index (χ4n) is 3.46. The third-order valence-electron chi connectivity index (χ3n) is 5.20. The number of rotatable bonds is 9. The molecular formula is C20H26N4O8S. The largest absolute Gasteiger partial charge is 0.468 e. The molecule has 1 fully saturated rings. The molecule has 0 aliphatic carbocycles. The Labute approximate surface area is 189 Å². The van der Waals surface area contributed by atoms with Crippen LogP contribution in [-0.4, -0.2) is 60.9 Å². The first-order valence-corrected chi connectivity index (χ1v) is 11.6. The Kier molecular flexibility index (Phi) is 7.81. The summed E-state index contributed by atoms with van der Waals surface area (Å²) in [6.07, 6.45) is -1.50. The molecule has 0 spiro atoms. The van der Waals surface area contributed by atoms with Crippen molar-refractivity contribution in [3.05, 3.63) is 68.5 Å². The molecular weight excluding hydrogens is 456 g/mol. The van der Waals surface area contributed by atoms with Crippen molar-refractivity contribution < 1.29 is 27.8 Å². The van der Waals surface area contributed by atoms with Crippen LogP contribution in [0.25, 0.3) is 0 Å². The number of hydrogen-bond donors (Lipinski definition) is 4. The highest BCUT2D eigenvalue weighted by molar-refractivity contribution is 7.87. The topological polar surface area (TPSA) is 169 Å². The minimum Gasteiger partial charge on any atom is -0.468 e. The average molecular weight is 483 g/mol. The van der Waals surface area contributed by atoms with Gasteiger partial charge in [0.05, 0.1) is 19.3 Å². The second-order valence-electron chi connectivity index (χ2n) is 7.65. The minimum atomic E-state index is -4.18. The van der Waals surface area contributed by atoms with E-state index in [-0.39, 0.29) is 24.9 Å². The number of aliphatic hydroxyl groups is 1. The standard InChI is InChI=1S/C20H26N4O8S/c1-12-11-24(20(28)22-18(12)26)17-9-15(25)16(32-17)10-21-33(29,30)23-14(19(27)31-2)8-13-6-4-3-5-7-13/h3-7,11,14-17,21,23,25H,8-10H2,1-2H3,(H,22,26,28)/t14-,15-,16+,17+/m0/s1. The molecule has 2 aromatic rings. The summed E-state index contributed by atoms with van der Waals surface area (Å²) in [5.74, 6) is -0.755. The zero-order valence-corrected chi connectivity index (χ0v) is 18.9. The van der Waals surface area contributed by atoms with E-state index in [1.807, 2.05) is 0 Å². The van der Waals surface area contributed by atoms with Crippen LogP contribution in [0.1, 0.15) is 23.8 Å². The first-order chi connectivity index (χ1) is 15.6. The molecule has 13 heteroatoms. The zero-order chi connectivity index (χ0) is 24.2. The van der Waals surface area contributed by atoms with Crippen LogP contribution in [0.4, 0.5) is 0 Å². The molecule has 4 atom stereocenters. The van der Waals surface area contributed by atoms with Gasteiger partial charge in [0.1, 0.15) is 12.3 Å². The van der Waals surface area contributed by atoms with Gasteiger partial charge in [0.25, 0.3) is 15.8 Å². The molecule has 180 valence electrons. The van der Waals surface area contributed by atoms with Gasteiger partial charge < -0.3 is 14.6 Å². The van der Waals surface area contributed by atoms with Crippen LogP contribution < -0.4 is 20.7 Å². The number of aliphatic hydroxyl groups excluding tert-OH is 1. The molecule has 0 saturated carbocycles. The van der Waals surface area contributed by atoms with E-state index in [0.717, 1.165) is 17.2 Å². The number of ether oxygens (including phenoxy) is 2. The highest BCUT2D eigenvalue weighted by atomic mass is 32.2. The summed E-state index contributed by atoms with van der Waals surface area (Å²) in [5, 5.41) is 10.3.